The third kappa shape index (κ3) is 4.34. The molecule has 146 valence electrons. The maximum absolute atomic E-state index is 13.3. The smallest absolute Gasteiger partial charge is 0.338 e. The molecule has 4 nitrogen and oxygen atoms in total. The van der Waals surface area contributed by atoms with Gasteiger partial charge in [0.1, 0.15) is 0 Å². The van der Waals surface area contributed by atoms with Gasteiger partial charge in [-0.2, -0.15) is 13.2 Å². The molecule has 1 fully saturated rings. The van der Waals surface area contributed by atoms with E-state index in [-0.39, 0.29) is 5.95 Å². The van der Waals surface area contributed by atoms with Gasteiger partial charge in [0.2, 0.25) is 5.95 Å². The van der Waals surface area contributed by atoms with Crippen molar-refractivity contribution < 1.29 is 13.2 Å². The predicted molar refractivity (Wildman–Crippen MR) is 104 cm³/mol. The average molecular weight is 404 g/mol. The molecule has 3 heterocycles. The van der Waals surface area contributed by atoms with E-state index in [1.54, 1.807) is 12.1 Å². The summed E-state index contributed by atoms with van der Waals surface area (Å²) in [7, 11) is 0. The predicted octanol–water partition coefficient (Wildman–Crippen LogP) is 4.55. The lowest BCUT2D eigenvalue weighted by Crippen LogP contribution is -2.46. The molecule has 0 atom stereocenters. The van der Waals surface area contributed by atoms with E-state index in [1.165, 1.54) is 16.9 Å². The monoisotopic (exact) mass is 404 g/mol. The molecule has 0 aliphatic carbocycles. The summed E-state index contributed by atoms with van der Waals surface area (Å²) >= 11 is 1.37. The van der Waals surface area contributed by atoms with E-state index in [0.717, 1.165) is 25.7 Å². The highest BCUT2D eigenvalue weighted by molar-refractivity contribution is 7.13. The summed E-state index contributed by atoms with van der Waals surface area (Å²) in [5.41, 5.74) is 0.651. The first-order chi connectivity index (χ1) is 13.5. The van der Waals surface area contributed by atoms with Crippen LogP contribution in [0.2, 0.25) is 0 Å². The van der Waals surface area contributed by atoms with Gasteiger partial charge in [-0.1, -0.05) is 36.4 Å². The fourth-order valence-electron chi connectivity index (χ4n) is 3.22. The van der Waals surface area contributed by atoms with Crippen molar-refractivity contribution in [1.29, 1.82) is 0 Å². The summed E-state index contributed by atoms with van der Waals surface area (Å²) in [5, 5.41) is 1.83. The van der Waals surface area contributed by atoms with Gasteiger partial charge >= 0.3 is 6.18 Å². The lowest BCUT2D eigenvalue weighted by Gasteiger charge is -2.35. The minimum atomic E-state index is -4.50. The van der Waals surface area contributed by atoms with Crippen LogP contribution in [0, 0.1) is 0 Å². The summed E-state index contributed by atoms with van der Waals surface area (Å²) in [6, 6.07) is 14.8. The molecule has 0 saturated carbocycles. The highest BCUT2D eigenvalue weighted by Crippen LogP contribution is 2.33. The van der Waals surface area contributed by atoms with Gasteiger partial charge in [0.25, 0.3) is 0 Å². The quantitative estimate of drug-likeness (QED) is 0.639. The maximum atomic E-state index is 13.3. The SMILES string of the molecule is FC(F)(F)c1cc(-c2cccs2)nc(N2CCN(Cc3ccccc3)CC2)n1. The lowest BCUT2D eigenvalue weighted by molar-refractivity contribution is -0.141. The fraction of sp³-hybridized carbons (Fsp3) is 0.300. The highest BCUT2D eigenvalue weighted by atomic mass is 32.1. The second-order valence-electron chi connectivity index (χ2n) is 6.66. The molecule has 1 aliphatic heterocycles. The van der Waals surface area contributed by atoms with Crippen LogP contribution in [0.15, 0.2) is 53.9 Å². The van der Waals surface area contributed by atoms with Crippen molar-refractivity contribution in [2.75, 3.05) is 31.1 Å². The highest BCUT2D eigenvalue weighted by Gasteiger charge is 2.34. The van der Waals surface area contributed by atoms with Crippen LogP contribution < -0.4 is 4.90 Å². The number of anilines is 1. The maximum Gasteiger partial charge on any atom is 0.433 e. The van der Waals surface area contributed by atoms with Gasteiger partial charge in [-0.3, -0.25) is 4.90 Å². The number of thiophene rings is 1. The van der Waals surface area contributed by atoms with Gasteiger partial charge in [-0.25, -0.2) is 9.97 Å². The first-order valence-corrected chi connectivity index (χ1v) is 9.88. The summed E-state index contributed by atoms with van der Waals surface area (Å²) in [5.74, 6) is 0.151. The number of aromatic nitrogens is 2. The summed E-state index contributed by atoms with van der Waals surface area (Å²) in [6.45, 7) is 3.53. The van der Waals surface area contributed by atoms with E-state index in [1.807, 2.05) is 28.5 Å². The van der Waals surface area contributed by atoms with Crippen LogP contribution in [0.1, 0.15) is 11.3 Å². The second kappa shape index (κ2) is 7.89. The molecule has 0 spiro atoms. The Morgan fingerprint density at radius 3 is 2.32 bits per heavy atom. The topological polar surface area (TPSA) is 32.3 Å². The molecule has 8 heteroatoms. The van der Waals surface area contributed by atoms with Crippen molar-refractivity contribution in [3.05, 3.63) is 65.2 Å². The summed E-state index contributed by atoms with van der Waals surface area (Å²) in [4.78, 5) is 13.1. The van der Waals surface area contributed by atoms with Crippen LogP contribution in [0.5, 0.6) is 0 Å². The zero-order chi connectivity index (χ0) is 19.6. The van der Waals surface area contributed by atoms with E-state index in [9.17, 15) is 13.2 Å². The van der Waals surface area contributed by atoms with Gasteiger partial charge in [0, 0.05) is 32.7 Å². The number of halogens is 3. The average Bonchev–Trinajstić information content (AvgIpc) is 3.23. The summed E-state index contributed by atoms with van der Waals surface area (Å²) < 4.78 is 40.0. The van der Waals surface area contributed by atoms with Crippen LogP contribution in [0.25, 0.3) is 10.6 Å². The van der Waals surface area contributed by atoms with E-state index in [2.05, 4.69) is 27.0 Å². The Labute approximate surface area is 165 Å². The zero-order valence-corrected chi connectivity index (χ0v) is 15.9. The summed E-state index contributed by atoms with van der Waals surface area (Å²) in [6.07, 6.45) is -4.50. The Kier molecular flexibility index (Phi) is 5.32. The molecular formula is C20H19F3N4S. The molecule has 28 heavy (non-hydrogen) atoms. The van der Waals surface area contributed by atoms with Crippen LogP contribution in [0.3, 0.4) is 0 Å². The first-order valence-electron chi connectivity index (χ1n) is 9.00. The Bertz CT molecular complexity index is 905. The Morgan fingerprint density at radius 2 is 1.68 bits per heavy atom. The Balaban J connectivity index is 1.52. The fourth-order valence-corrected chi connectivity index (χ4v) is 3.91. The molecule has 0 amide bonds. The normalized spacial score (nSPS) is 15.8. The molecule has 2 aromatic heterocycles. The molecule has 1 aliphatic rings. The van der Waals surface area contributed by atoms with Crippen LogP contribution in [-0.4, -0.2) is 41.0 Å². The number of hydrogen-bond acceptors (Lipinski definition) is 5. The van der Waals surface area contributed by atoms with E-state index in [0.29, 0.717) is 23.7 Å². The molecular weight excluding hydrogens is 385 g/mol. The molecule has 0 radical (unpaired) electrons. The molecule has 1 aromatic carbocycles. The van der Waals surface area contributed by atoms with Gasteiger partial charge < -0.3 is 4.90 Å². The molecule has 0 unspecified atom stereocenters. The Hall–Kier alpha value is -2.45. The molecule has 4 rings (SSSR count). The molecule has 0 N–H and O–H groups in total. The minimum absolute atomic E-state index is 0.151. The number of benzene rings is 1. The molecule has 3 aromatic rings. The number of rotatable bonds is 4. The van der Waals surface area contributed by atoms with Crippen LogP contribution in [-0.2, 0) is 12.7 Å². The van der Waals surface area contributed by atoms with Crippen molar-refractivity contribution in [2.24, 2.45) is 0 Å². The largest absolute Gasteiger partial charge is 0.433 e. The van der Waals surface area contributed by atoms with Crippen molar-refractivity contribution >= 4 is 17.3 Å². The second-order valence-corrected chi connectivity index (χ2v) is 7.61. The lowest BCUT2D eigenvalue weighted by atomic mass is 10.2. The van der Waals surface area contributed by atoms with E-state index < -0.39 is 11.9 Å². The van der Waals surface area contributed by atoms with Gasteiger partial charge in [0.15, 0.2) is 5.69 Å². The van der Waals surface area contributed by atoms with Crippen molar-refractivity contribution in [1.82, 2.24) is 14.9 Å². The number of piperazine rings is 1. The van der Waals surface area contributed by atoms with Crippen LogP contribution >= 0.6 is 11.3 Å². The van der Waals surface area contributed by atoms with Gasteiger partial charge in [-0.05, 0) is 23.1 Å². The molecule has 1 saturated heterocycles. The van der Waals surface area contributed by atoms with E-state index >= 15 is 0 Å². The third-order valence-electron chi connectivity index (χ3n) is 4.68. The zero-order valence-electron chi connectivity index (χ0n) is 15.1. The number of alkyl halides is 3. The minimum Gasteiger partial charge on any atom is -0.338 e. The first kappa shape index (κ1) is 18.9. The van der Waals surface area contributed by atoms with Gasteiger partial charge in [0.05, 0.1) is 10.6 Å². The third-order valence-corrected chi connectivity index (χ3v) is 5.57. The number of hydrogen-bond donors (Lipinski definition) is 0. The van der Waals surface area contributed by atoms with Crippen molar-refractivity contribution in [3.63, 3.8) is 0 Å². The Morgan fingerprint density at radius 1 is 0.929 bits per heavy atom. The van der Waals surface area contributed by atoms with Crippen LogP contribution in [0.4, 0.5) is 19.1 Å². The van der Waals surface area contributed by atoms with E-state index in [4.69, 9.17) is 0 Å². The molecule has 0 bridgehead atoms. The van der Waals surface area contributed by atoms with Crippen molar-refractivity contribution in [2.45, 2.75) is 12.7 Å². The standard InChI is InChI=1S/C20H19F3N4S/c21-20(22,23)18-13-16(17-7-4-12-28-17)24-19(25-18)27-10-8-26(9-11-27)14-15-5-2-1-3-6-15/h1-7,12-13H,8-11,14H2. The van der Waals surface area contributed by atoms with Crippen molar-refractivity contribution in [3.8, 4) is 10.6 Å². The van der Waals surface area contributed by atoms with Gasteiger partial charge in [-0.15, -0.1) is 11.3 Å². The number of nitrogens with zero attached hydrogens (tertiary/aromatic N) is 4.